The van der Waals surface area contributed by atoms with Crippen LogP contribution in [0.1, 0.15) is 0 Å². The third-order valence-corrected chi connectivity index (χ3v) is 1.64. The smallest absolute Gasteiger partial charge is 0.398 e. The average molecular weight is 245 g/mol. The number of hydrogen-bond acceptors (Lipinski definition) is 5. The van der Waals surface area contributed by atoms with Crippen molar-refractivity contribution in [3.8, 4) is 0 Å². The van der Waals surface area contributed by atoms with E-state index in [1.54, 1.807) is 0 Å². The monoisotopic (exact) mass is 245 g/mol. The number of rotatable bonds is 2. The summed E-state index contributed by atoms with van der Waals surface area (Å²) < 4.78 is 27.2. The van der Waals surface area contributed by atoms with Crippen molar-refractivity contribution in [2.24, 2.45) is 0 Å². The number of ether oxygens (including phenoxy) is 1. The van der Waals surface area contributed by atoms with Gasteiger partial charge in [-0.05, 0) is 0 Å². The molecule has 0 aromatic rings. The number of esters is 1. The molecule has 0 unspecified atom stereocenters. The molecule has 8 heteroatoms. The fourth-order valence-corrected chi connectivity index (χ4v) is 0.934. The molecule has 90 valence electrons. The number of amides is 3. The molecular formula is C9H5F2NO5. The zero-order chi connectivity index (χ0) is 13.0. The largest absolute Gasteiger partial charge is 0.454 e. The minimum Gasteiger partial charge on any atom is -0.454 e. The summed E-state index contributed by atoms with van der Waals surface area (Å²) in [6, 6.07) is 0. The maximum absolute atomic E-state index is 11.6. The Morgan fingerprint density at radius 3 is 2.24 bits per heavy atom. The van der Waals surface area contributed by atoms with E-state index >= 15 is 0 Å². The van der Waals surface area contributed by atoms with Crippen LogP contribution in [0.3, 0.4) is 0 Å². The molecule has 0 bridgehead atoms. The first-order chi connectivity index (χ1) is 7.93. The maximum atomic E-state index is 11.6. The number of hydrogen-bond donors (Lipinski definition) is 0. The van der Waals surface area contributed by atoms with E-state index < -0.39 is 36.4 Å². The van der Waals surface area contributed by atoms with Crippen molar-refractivity contribution in [2.45, 2.75) is 0 Å². The second-order valence-corrected chi connectivity index (χ2v) is 2.74. The minimum absolute atomic E-state index is 0.0534. The minimum atomic E-state index is -2.08. The van der Waals surface area contributed by atoms with Gasteiger partial charge < -0.3 is 4.74 Å². The Balaban J connectivity index is 2.59. The lowest BCUT2D eigenvalue weighted by atomic mass is 10.5. The highest BCUT2D eigenvalue weighted by Crippen LogP contribution is 2.05. The van der Waals surface area contributed by atoms with Gasteiger partial charge >= 0.3 is 11.9 Å². The lowest BCUT2D eigenvalue weighted by Gasteiger charge is -2.09. The Bertz CT molecular complexity index is 432. The van der Waals surface area contributed by atoms with Crippen LogP contribution >= 0.6 is 0 Å². The summed E-state index contributed by atoms with van der Waals surface area (Å²) in [7, 11) is 0. The molecular weight excluding hydrogens is 240 g/mol. The summed E-state index contributed by atoms with van der Waals surface area (Å²) >= 11 is 0. The van der Waals surface area contributed by atoms with E-state index in [1.165, 1.54) is 0 Å². The van der Waals surface area contributed by atoms with Crippen LogP contribution in [-0.4, -0.2) is 35.2 Å². The maximum Gasteiger partial charge on any atom is 0.398 e. The van der Waals surface area contributed by atoms with Gasteiger partial charge in [-0.3, -0.25) is 14.4 Å². The Kier molecular flexibility index (Phi) is 3.81. The van der Waals surface area contributed by atoms with Gasteiger partial charge in [0.05, 0.1) is 0 Å². The number of carbonyl (C=O) groups is 4. The number of imide groups is 3. The molecule has 1 heterocycles. The highest BCUT2D eigenvalue weighted by molar-refractivity contribution is 6.42. The molecule has 0 saturated carbocycles. The van der Waals surface area contributed by atoms with Gasteiger partial charge in [-0.25, -0.2) is 9.69 Å². The summed E-state index contributed by atoms with van der Waals surface area (Å²) in [5.41, 5.74) is 0. The van der Waals surface area contributed by atoms with Crippen molar-refractivity contribution in [2.75, 3.05) is 6.61 Å². The second kappa shape index (κ2) is 5.10. The van der Waals surface area contributed by atoms with Crippen LogP contribution < -0.4 is 0 Å². The van der Waals surface area contributed by atoms with Gasteiger partial charge in [0.2, 0.25) is 0 Å². The first-order valence-corrected chi connectivity index (χ1v) is 4.22. The summed E-state index contributed by atoms with van der Waals surface area (Å²) in [4.78, 5) is 44.2. The number of nitrogens with zero attached hydrogens (tertiary/aromatic N) is 1. The van der Waals surface area contributed by atoms with Gasteiger partial charge in [0.1, 0.15) is 6.61 Å². The Morgan fingerprint density at radius 1 is 1.24 bits per heavy atom. The fraction of sp³-hybridized carbons (Fsp3) is 0.111. The lowest BCUT2D eigenvalue weighted by Crippen LogP contribution is -2.41. The van der Waals surface area contributed by atoms with E-state index in [0.717, 1.165) is 12.2 Å². The van der Waals surface area contributed by atoms with Crippen molar-refractivity contribution in [1.82, 2.24) is 4.90 Å². The van der Waals surface area contributed by atoms with E-state index in [9.17, 15) is 28.0 Å². The standard InChI is InChI=1S/C9H5F2NO5/c10-5(11)3-4-17-9(16)8(15)12-6(13)1-2-7(12)14/h1-3H,4H2. The molecule has 0 N–H and O–H groups in total. The topological polar surface area (TPSA) is 80.8 Å². The number of carbonyl (C=O) groups excluding carboxylic acids is 4. The van der Waals surface area contributed by atoms with Gasteiger partial charge in [-0.2, -0.15) is 8.78 Å². The van der Waals surface area contributed by atoms with Crippen LogP contribution in [0.2, 0.25) is 0 Å². The highest BCUT2D eigenvalue weighted by atomic mass is 19.3. The van der Waals surface area contributed by atoms with Crippen LogP contribution in [0, 0.1) is 0 Å². The molecule has 0 aromatic carbocycles. The molecule has 0 fully saturated rings. The van der Waals surface area contributed by atoms with Crippen molar-refractivity contribution in [1.29, 1.82) is 0 Å². The van der Waals surface area contributed by atoms with Gasteiger partial charge in [0, 0.05) is 18.2 Å². The zero-order valence-electron chi connectivity index (χ0n) is 8.18. The SMILES string of the molecule is O=C(OCC=C(F)F)C(=O)N1C(=O)C=CC1=O. The fourth-order valence-electron chi connectivity index (χ4n) is 0.934. The van der Waals surface area contributed by atoms with Gasteiger partial charge in [-0.15, -0.1) is 0 Å². The summed E-state index contributed by atoms with van der Waals surface area (Å²) in [5, 5.41) is 0. The third kappa shape index (κ3) is 3.03. The third-order valence-electron chi connectivity index (χ3n) is 1.64. The molecule has 0 atom stereocenters. The average Bonchev–Trinajstić information content (AvgIpc) is 2.57. The van der Waals surface area contributed by atoms with Gasteiger partial charge in [-0.1, -0.05) is 0 Å². The van der Waals surface area contributed by atoms with Crippen LogP contribution in [0.4, 0.5) is 8.78 Å². The van der Waals surface area contributed by atoms with E-state index in [-0.39, 0.29) is 11.0 Å². The predicted molar refractivity (Wildman–Crippen MR) is 47.3 cm³/mol. The van der Waals surface area contributed by atoms with Crippen molar-refractivity contribution in [3.05, 3.63) is 24.3 Å². The molecule has 1 rings (SSSR count). The molecule has 17 heavy (non-hydrogen) atoms. The molecule has 1 aliphatic heterocycles. The highest BCUT2D eigenvalue weighted by Gasteiger charge is 2.35. The molecule has 0 saturated heterocycles. The molecule has 3 amide bonds. The molecule has 1 aliphatic rings. The van der Waals surface area contributed by atoms with E-state index in [0.29, 0.717) is 0 Å². The Hall–Kier alpha value is -2.38. The van der Waals surface area contributed by atoms with Crippen molar-refractivity contribution >= 4 is 23.7 Å². The Morgan fingerprint density at radius 2 is 1.76 bits per heavy atom. The van der Waals surface area contributed by atoms with Crippen LogP contribution in [-0.2, 0) is 23.9 Å². The quantitative estimate of drug-likeness (QED) is 0.381. The molecule has 0 radical (unpaired) electrons. The summed E-state index contributed by atoms with van der Waals surface area (Å²) in [5.74, 6) is -5.04. The molecule has 0 aliphatic carbocycles. The molecule has 0 aromatic heterocycles. The Labute approximate surface area is 93.1 Å². The van der Waals surface area contributed by atoms with E-state index in [4.69, 9.17) is 0 Å². The van der Waals surface area contributed by atoms with E-state index in [1.807, 2.05) is 0 Å². The van der Waals surface area contributed by atoms with Crippen LogP contribution in [0.15, 0.2) is 24.3 Å². The van der Waals surface area contributed by atoms with E-state index in [2.05, 4.69) is 4.74 Å². The van der Waals surface area contributed by atoms with Crippen molar-refractivity contribution < 1.29 is 32.7 Å². The summed E-state index contributed by atoms with van der Waals surface area (Å²) in [6.07, 6.45) is -0.222. The first kappa shape index (κ1) is 12.7. The normalized spacial score (nSPS) is 13.9. The molecule has 6 nitrogen and oxygen atoms in total. The van der Waals surface area contributed by atoms with Gasteiger partial charge in [0.25, 0.3) is 17.9 Å². The first-order valence-electron chi connectivity index (χ1n) is 4.22. The molecule has 0 spiro atoms. The lowest BCUT2D eigenvalue weighted by molar-refractivity contribution is -0.163. The second-order valence-electron chi connectivity index (χ2n) is 2.74. The zero-order valence-corrected chi connectivity index (χ0v) is 8.18. The predicted octanol–water partition coefficient (Wildman–Crippen LogP) is -0.238. The van der Waals surface area contributed by atoms with Crippen LogP contribution in [0.25, 0.3) is 0 Å². The van der Waals surface area contributed by atoms with Crippen molar-refractivity contribution in [3.63, 3.8) is 0 Å². The van der Waals surface area contributed by atoms with Gasteiger partial charge in [0.15, 0.2) is 0 Å². The number of halogens is 2. The summed E-state index contributed by atoms with van der Waals surface area (Å²) in [6.45, 7) is -0.823. The van der Waals surface area contributed by atoms with Crippen LogP contribution in [0.5, 0.6) is 0 Å².